The summed E-state index contributed by atoms with van der Waals surface area (Å²) in [7, 11) is 0. The van der Waals surface area contributed by atoms with E-state index in [4.69, 9.17) is 4.74 Å². The number of aryl methyl sites for hydroxylation is 1. The summed E-state index contributed by atoms with van der Waals surface area (Å²) in [4.78, 5) is 16.8. The van der Waals surface area contributed by atoms with Gasteiger partial charge in [0.15, 0.2) is 6.61 Å². The topological polar surface area (TPSA) is 79.9 Å². The fraction of sp³-hybridized carbons (Fsp3) is 0.500. The molecule has 1 fully saturated rings. The van der Waals surface area contributed by atoms with Crippen molar-refractivity contribution >= 4 is 21.8 Å². The zero-order valence-corrected chi connectivity index (χ0v) is 16.9. The van der Waals surface area contributed by atoms with Crippen molar-refractivity contribution < 1.29 is 22.7 Å². The quantitative estimate of drug-likeness (QED) is 0.646. The number of carbonyl (C=O) groups is 1. The molecule has 1 aliphatic carbocycles. The summed E-state index contributed by atoms with van der Waals surface area (Å²) in [6.07, 6.45) is -0.317. The molecular weight excluding hydrogens is 441 g/mol. The minimum atomic E-state index is -4.48. The molecule has 28 heavy (non-hydrogen) atoms. The van der Waals surface area contributed by atoms with E-state index in [2.05, 4.69) is 36.4 Å². The number of alkyl halides is 3. The Morgan fingerprint density at radius 3 is 2.68 bits per heavy atom. The number of halogens is 4. The first-order valence-corrected chi connectivity index (χ1v) is 9.55. The monoisotopic (exact) mass is 460 g/mol. The van der Waals surface area contributed by atoms with E-state index < -0.39 is 24.2 Å². The van der Waals surface area contributed by atoms with E-state index in [9.17, 15) is 18.0 Å². The first kappa shape index (κ1) is 20.6. The average Bonchev–Trinajstić information content (AvgIpc) is 3.29. The molecule has 2 heterocycles. The van der Waals surface area contributed by atoms with Crippen LogP contribution in [0.4, 0.5) is 13.2 Å². The lowest BCUT2D eigenvalue weighted by Gasteiger charge is -2.29. The predicted octanol–water partition coefficient (Wildman–Crippen LogP) is 4.26. The summed E-state index contributed by atoms with van der Waals surface area (Å²) in [6, 6.07) is 3.06. The Morgan fingerprint density at radius 1 is 1.39 bits per heavy atom. The van der Waals surface area contributed by atoms with Crippen LogP contribution >= 0.6 is 15.9 Å². The highest BCUT2D eigenvalue weighted by Crippen LogP contribution is 2.40. The number of hydrogen-bond donors (Lipinski definition) is 2. The number of pyridine rings is 1. The van der Waals surface area contributed by atoms with E-state index in [0.717, 1.165) is 25.0 Å². The second kappa shape index (κ2) is 7.73. The fourth-order valence-electron chi connectivity index (χ4n) is 2.95. The standard InChI is InChI=1S/C18H20BrF3N4O2/c1-10-5-15(26-25-10)17(2,7-11-3-4-11)24-16(27)13-6-14(12(19)8-23-13)28-9-18(20,21)22/h5-6,8,11H,3-4,7,9H2,1-2H3,(H,24,27)(H,25,26). The first-order valence-electron chi connectivity index (χ1n) is 8.76. The van der Waals surface area contributed by atoms with Crippen molar-refractivity contribution in [3.63, 3.8) is 0 Å². The molecule has 1 aliphatic rings. The summed E-state index contributed by atoms with van der Waals surface area (Å²) in [5, 5.41) is 10.1. The Hall–Kier alpha value is -2.10. The minimum Gasteiger partial charge on any atom is -0.483 e. The Balaban J connectivity index is 1.80. The molecule has 0 saturated heterocycles. The second-order valence-corrected chi connectivity index (χ2v) is 8.13. The summed E-state index contributed by atoms with van der Waals surface area (Å²) in [5.74, 6) is -0.101. The largest absolute Gasteiger partial charge is 0.483 e. The van der Waals surface area contributed by atoms with Crippen molar-refractivity contribution in [3.05, 3.63) is 39.9 Å². The maximum Gasteiger partial charge on any atom is 0.422 e. The molecule has 2 aromatic heterocycles. The molecule has 0 spiro atoms. The molecule has 10 heteroatoms. The molecule has 0 radical (unpaired) electrons. The van der Waals surface area contributed by atoms with Crippen molar-refractivity contribution in [3.8, 4) is 5.75 Å². The van der Waals surface area contributed by atoms with Crippen LogP contribution in [0.1, 0.15) is 48.1 Å². The number of H-pyrrole nitrogens is 1. The Kier molecular flexibility index (Phi) is 5.69. The van der Waals surface area contributed by atoms with E-state index >= 15 is 0 Å². The van der Waals surface area contributed by atoms with Gasteiger partial charge in [-0.25, -0.2) is 4.98 Å². The maximum absolute atomic E-state index is 12.8. The zero-order valence-electron chi connectivity index (χ0n) is 15.4. The van der Waals surface area contributed by atoms with Gasteiger partial charge in [-0.2, -0.15) is 18.3 Å². The lowest BCUT2D eigenvalue weighted by atomic mass is 9.90. The molecule has 3 rings (SSSR count). The molecule has 6 nitrogen and oxygen atoms in total. The Bertz CT molecular complexity index is 867. The SMILES string of the molecule is Cc1cc(C(C)(CC2CC2)NC(=O)c2cc(OCC(F)(F)F)c(Br)cn2)n[nH]1. The van der Waals surface area contributed by atoms with Crippen molar-refractivity contribution in [2.75, 3.05) is 6.61 Å². The molecule has 1 atom stereocenters. The van der Waals surface area contributed by atoms with E-state index in [1.807, 2.05) is 19.9 Å². The van der Waals surface area contributed by atoms with Crippen molar-refractivity contribution in [1.82, 2.24) is 20.5 Å². The molecule has 152 valence electrons. The summed E-state index contributed by atoms with van der Waals surface area (Å²) < 4.78 is 42.3. The Labute approximate surface area is 168 Å². The van der Waals surface area contributed by atoms with Crippen molar-refractivity contribution in [2.45, 2.75) is 44.8 Å². The fourth-order valence-corrected chi connectivity index (χ4v) is 3.28. The third-order valence-corrected chi connectivity index (χ3v) is 5.09. The number of aromatic nitrogens is 3. The van der Waals surface area contributed by atoms with Gasteiger partial charge in [0, 0.05) is 18.0 Å². The van der Waals surface area contributed by atoms with Gasteiger partial charge < -0.3 is 10.1 Å². The second-order valence-electron chi connectivity index (χ2n) is 7.27. The number of ether oxygens (including phenoxy) is 1. The number of aromatic amines is 1. The third kappa shape index (κ3) is 5.24. The Morgan fingerprint density at radius 2 is 2.11 bits per heavy atom. The summed E-state index contributed by atoms with van der Waals surface area (Å²) in [5.41, 5.74) is 0.825. The molecule has 0 aliphatic heterocycles. The van der Waals surface area contributed by atoms with Crippen LogP contribution in [0.3, 0.4) is 0 Å². The van der Waals surface area contributed by atoms with E-state index in [-0.39, 0.29) is 15.9 Å². The highest BCUT2D eigenvalue weighted by molar-refractivity contribution is 9.10. The van der Waals surface area contributed by atoms with Crippen LogP contribution in [0.25, 0.3) is 0 Å². The molecule has 2 N–H and O–H groups in total. The van der Waals surface area contributed by atoms with Crippen LogP contribution in [0.2, 0.25) is 0 Å². The van der Waals surface area contributed by atoms with Crippen LogP contribution in [0, 0.1) is 12.8 Å². The summed E-state index contributed by atoms with van der Waals surface area (Å²) >= 11 is 3.09. The zero-order chi connectivity index (χ0) is 20.5. The maximum atomic E-state index is 12.8. The van der Waals surface area contributed by atoms with Gasteiger partial charge in [-0.3, -0.25) is 9.89 Å². The van der Waals surface area contributed by atoms with Crippen LogP contribution in [-0.4, -0.2) is 33.9 Å². The van der Waals surface area contributed by atoms with Crippen LogP contribution < -0.4 is 10.1 Å². The van der Waals surface area contributed by atoms with Gasteiger partial charge in [0.2, 0.25) is 0 Å². The molecule has 2 aromatic rings. The van der Waals surface area contributed by atoms with Gasteiger partial charge in [0.05, 0.1) is 15.7 Å². The van der Waals surface area contributed by atoms with Gasteiger partial charge in [0.25, 0.3) is 5.91 Å². The first-order chi connectivity index (χ1) is 13.1. The van der Waals surface area contributed by atoms with E-state index in [1.54, 1.807) is 0 Å². The highest BCUT2D eigenvalue weighted by atomic mass is 79.9. The molecular formula is C18H20BrF3N4O2. The van der Waals surface area contributed by atoms with Crippen LogP contribution in [0.15, 0.2) is 22.8 Å². The number of hydrogen-bond acceptors (Lipinski definition) is 4. The number of nitrogens with zero attached hydrogens (tertiary/aromatic N) is 2. The van der Waals surface area contributed by atoms with Gasteiger partial charge >= 0.3 is 6.18 Å². The van der Waals surface area contributed by atoms with E-state index in [0.29, 0.717) is 11.6 Å². The van der Waals surface area contributed by atoms with Gasteiger partial charge in [-0.15, -0.1) is 0 Å². The van der Waals surface area contributed by atoms with Crippen molar-refractivity contribution in [2.24, 2.45) is 5.92 Å². The van der Waals surface area contributed by atoms with Gasteiger partial charge in [-0.1, -0.05) is 12.8 Å². The lowest BCUT2D eigenvalue weighted by Crippen LogP contribution is -2.44. The number of carbonyl (C=O) groups excluding carboxylic acids is 1. The normalized spacial score (nSPS) is 16.5. The average molecular weight is 461 g/mol. The van der Waals surface area contributed by atoms with E-state index in [1.165, 1.54) is 12.3 Å². The number of rotatable bonds is 7. The highest BCUT2D eigenvalue weighted by Gasteiger charge is 2.38. The van der Waals surface area contributed by atoms with Crippen LogP contribution in [-0.2, 0) is 5.54 Å². The van der Waals surface area contributed by atoms with Crippen LogP contribution in [0.5, 0.6) is 5.75 Å². The summed E-state index contributed by atoms with van der Waals surface area (Å²) in [6.45, 7) is 2.30. The minimum absolute atomic E-state index is 0.0327. The van der Waals surface area contributed by atoms with Gasteiger partial charge in [-0.05, 0) is 48.2 Å². The number of amides is 1. The molecule has 1 amide bonds. The molecule has 1 saturated carbocycles. The van der Waals surface area contributed by atoms with Gasteiger partial charge in [0.1, 0.15) is 11.4 Å². The molecule has 0 aromatic carbocycles. The molecule has 0 bridgehead atoms. The lowest BCUT2D eigenvalue weighted by molar-refractivity contribution is -0.153. The van der Waals surface area contributed by atoms with Crippen molar-refractivity contribution in [1.29, 1.82) is 0 Å². The number of nitrogens with one attached hydrogen (secondary N) is 2. The predicted molar refractivity (Wildman–Crippen MR) is 99.0 cm³/mol. The molecule has 1 unspecified atom stereocenters. The third-order valence-electron chi connectivity index (χ3n) is 4.50. The smallest absolute Gasteiger partial charge is 0.422 e.